The van der Waals surface area contributed by atoms with Crippen LogP contribution >= 0.6 is 0 Å². The minimum atomic E-state index is -5.20. The van der Waals surface area contributed by atoms with Gasteiger partial charge in [-0.1, -0.05) is 66.7 Å². The summed E-state index contributed by atoms with van der Waals surface area (Å²) in [7, 11) is 0. The quantitative estimate of drug-likeness (QED) is 0.217. The molecule has 0 atom stereocenters. The van der Waals surface area contributed by atoms with Crippen molar-refractivity contribution in [2.75, 3.05) is 0 Å². The molecule has 37 heavy (non-hydrogen) atoms. The SMILES string of the molecule is O=C(O)c1ccc(C(c2ccc(-c3ccccc3)cc2)(c2ccc(C(=O)O)c(F)c2)C(F)(F)F)cc1F. The molecule has 9 heteroatoms. The summed E-state index contributed by atoms with van der Waals surface area (Å²) in [5, 5.41) is 18.3. The van der Waals surface area contributed by atoms with Crippen molar-refractivity contribution in [3.8, 4) is 11.1 Å². The maximum absolute atomic E-state index is 15.2. The highest BCUT2D eigenvalue weighted by Gasteiger charge is 2.58. The van der Waals surface area contributed by atoms with Crippen molar-refractivity contribution in [3.63, 3.8) is 0 Å². The van der Waals surface area contributed by atoms with Crippen molar-refractivity contribution in [2.45, 2.75) is 11.6 Å². The molecular weight excluding hydrogens is 495 g/mol. The summed E-state index contributed by atoms with van der Waals surface area (Å²) in [5.74, 6) is -6.18. The maximum Gasteiger partial charge on any atom is 0.406 e. The minimum absolute atomic E-state index is 0.412. The van der Waals surface area contributed by atoms with E-state index in [2.05, 4.69) is 0 Å². The topological polar surface area (TPSA) is 74.6 Å². The van der Waals surface area contributed by atoms with Crippen molar-refractivity contribution in [3.05, 3.63) is 130 Å². The number of hydrogen-bond acceptors (Lipinski definition) is 2. The van der Waals surface area contributed by atoms with Gasteiger partial charge in [0.05, 0.1) is 11.1 Å². The van der Waals surface area contributed by atoms with Gasteiger partial charge in [-0.3, -0.25) is 0 Å². The molecule has 0 fully saturated rings. The molecule has 0 amide bonds. The zero-order chi connectivity index (χ0) is 27.0. The molecule has 0 saturated heterocycles. The number of benzene rings is 4. The average Bonchev–Trinajstić information content (AvgIpc) is 2.84. The fraction of sp³-hybridized carbons (Fsp3) is 0.0714. The maximum atomic E-state index is 15.2. The molecular formula is C28H17F5O4. The Morgan fingerprint density at radius 2 is 0.973 bits per heavy atom. The number of aromatic carboxylic acids is 2. The fourth-order valence-electron chi connectivity index (χ4n) is 4.38. The number of carbonyl (C=O) groups is 2. The van der Waals surface area contributed by atoms with Crippen molar-refractivity contribution < 1.29 is 41.8 Å². The molecule has 4 aromatic carbocycles. The van der Waals surface area contributed by atoms with E-state index < -0.39 is 63.0 Å². The Kier molecular flexibility index (Phi) is 6.56. The molecule has 0 radical (unpaired) electrons. The van der Waals surface area contributed by atoms with Gasteiger partial charge in [0.25, 0.3) is 0 Å². The van der Waals surface area contributed by atoms with Crippen LogP contribution in [0, 0.1) is 11.6 Å². The van der Waals surface area contributed by atoms with Gasteiger partial charge in [-0.25, -0.2) is 18.4 Å². The summed E-state index contributed by atoms with van der Waals surface area (Å²) in [5.41, 5.74) is -5.38. The highest BCUT2D eigenvalue weighted by atomic mass is 19.4. The summed E-state index contributed by atoms with van der Waals surface area (Å²) >= 11 is 0. The Balaban J connectivity index is 2.04. The van der Waals surface area contributed by atoms with E-state index in [9.17, 15) is 18.4 Å². The lowest BCUT2D eigenvalue weighted by molar-refractivity contribution is -0.166. The van der Waals surface area contributed by atoms with Crippen LogP contribution in [0.4, 0.5) is 22.0 Å². The van der Waals surface area contributed by atoms with E-state index in [1.54, 1.807) is 30.3 Å². The van der Waals surface area contributed by atoms with Crippen molar-refractivity contribution >= 4 is 11.9 Å². The zero-order valence-corrected chi connectivity index (χ0v) is 18.8. The van der Waals surface area contributed by atoms with Crippen LogP contribution in [-0.2, 0) is 5.41 Å². The van der Waals surface area contributed by atoms with E-state index >= 15 is 13.2 Å². The third-order valence-corrected chi connectivity index (χ3v) is 6.12. The van der Waals surface area contributed by atoms with E-state index in [0.717, 1.165) is 17.7 Å². The molecule has 0 aromatic heterocycles. The van der Waals surface area contributed by atoms with Crippen LogP contribution in [0.5, 0.6) is 0 Å². The molecule has 0 spiro atoms. The van der Waals surface area contributed by atoms with Crippen LogP contribution in [0.15, 0.2) is 91.0 Å². The van der Waals surface area contributed by atoms with E-state index in [1.807, 2.05) is 0 Å². The lowest BCUT2D eigenvalue weighted by Gasteiger charge is -2.38. The Morgan fingerprint density at radius 3 is 1.35 bits per heavy atom. The van der Waals surface area contributed by atoms with Crippen LogP contribution in [0.25, 0.3) is 11.1 Å². The highest BCUT2D eigenvalue weighted by Crippen LogP contribution is 2.52. The Labute approximate surface area is 207 Å². The molecule has 4 rings (SSSR count). The second kappa shape index (κ2) is 9.50. The molecule has 4 nitrogen and oxygen atoms in total. The predicted molar refractivity (Wildman–Crippen MR) is 125 cm³/mol. The van der Waals surface area contributed by atoms with E-state index in [1.165, 1.54) is 24.3 Å². The number of carboxylic acid groups (broad SMARTS) is 2. The lowest BCUT2D eigenvalue weighted by atomic mass is 9.68. The lowest BCUT2D eigenvalue weighted by Crippen LogP contribution is -2.45. The molecule has 4 aromatic rings. The molecule has 0 aliphatic carbocycles. The fourth-order valence-corrected chi connectivity index (χ4v) is 4.38. The van der Waals surface area contributed by atoms with Gasteiger partial charge >= 0.3 is 18.1 Å². The normalized spacial score (nSPS) is 11.8. The summed E-state index contributed by atoms with van der Waals surface area (Å²) in [4.78, 5) is 22.5. The third kappa shape index (κ3) is 4.44. The molecule has 0 heterocycles. The predicted octanol–water partition coefficient (Wildman–Crippen LogP) is 6.92. The van der Waals surface area contributed by atoms with Crippen LogP contribution in [-0.4, -0.2) is 28.3 Å². The summed E-state index contributed by atoms with van der Waals surface area (Å²) in [6, 6.07) is 17.9. The van der Waals surface area contributed by atoms with Gasteiger partial charge in [-0.15, -0.1) is 0 Å². The standard InChI is InChI=1S/C28H17F5O4/c29-23-14-19(10-12-21(23)25(34)35)27(28(31,32)33,20-11-13-22(26(36)37)24(30)15-20)18-8-6-17(7-9-18)16-4-2-1-3-5-16/h1-15H,(H,34,35)(H,36,37). The van der Waals surface area contributed by atoms with Gasteiger partial charge < -0.3 is 10.2 Å². The molecule has 0 aliphatic rings. The first-order valence-electron chi connectivity index (χ1n) is 10.8. The first kappa shape index (κ1) is 25.6. The first-order valence-corrected chi connectivity index (χ1v) is 10.8. The Hall–Kier alpha value is -4.53. The number of carboxylic acids is 2. The average molecular weight is 512 g/mol. The first-order chi connectivity index (χ1) is 17.5. The molecule has 0 saturated carbocycles. The monoisotopic (exact) mass is 512 g/mol. The molecule has 0 bridgehead atoms. The largest absolute Gasteiger partial charge is 0.478 e. The molecule has 2 N–H and O–H groups in total. The number of halogens is 5. The van der Waals surface area contributed by atoms with Gasteiger partial charge in [0.1, 0.15) is 17.0 Å². The second-order valence-electron chi connectivity index (χ2n) is 8.19. The number of hydrogen-bond donors (Lipinski definition) is 2. The number of rotatable bonds is 6. The smallest absolute Gasteiger partial charge is 0.406 e. The van der Waals surface area contributed by atoms with E-state index in [4.69, 9.17) is 10.2 Å². The van der Waals surface area contributed by atoms with Gasteiger partial charge in [-0.2, -0.15) is 13.2 Å². The van der Waals surface area contributed by atoms with Gasteiger partial charge in [0.15, 0.2) is 0 Å². The summed E-state index contributed by atoms with van der Waals surface area (Å²) in [6.45, 7) is 0. The van der Waals surface area contributed by atoms with E-state index in [0.29, 0.717) is 29.8 Å². The molecule has 0 aliphatic heterocycles. The van der Waals surface area contributed by atoms with Crippen LogP contribution in [0.3, 0.4) is 0 Å². The van der Waals surface area contributed by atoms with Crippen molar-refractivity contribution in [2.24, 2.45) is 0 Å². The number of alkyl halides is 3. The van der Waals surface area contributed by atoms with Crippen LogP contribution < -0.4 is 0 Å². The van der Waals surface area contributed by atoms with Gasteiger partial charge in [-0.05, 0) is 52.1 Å². The van der Waals surface area contributed by atoms with Crippen molar-refractivity contribution in [1.29, 1.82) is 0 Å². The Morgan fingerprint density at radius 1 is 0.568 bits per heavy atom. The zero-order valence-electron chi connectivity index (χ0n) is 18.8. The van der Waals surface area contributed by atoms with Crippen molar-refractivity contribution in [1.82, 2.24) is 0 Å². The minimum Gasteiger partial charge on any atom is -0.478 e. The highest BCUT2D eigenvalue weighted by molar-refractivity contribution is 5.88. The molecule has 0 unspecified atom stereocenters. The van der Waals surface area contributed by atoms with Crippen LogP contribution in [0.2, 0.25) is 0 Å². The summed E-state index contributed by atoms with van der Waals surface area (Å²) in [6.07, 6.45) is -5.20. The van der Waals surface area contributed by atoms with Gasteiger partial charge in [0.2, 0.25) is 0 Å². The van der Waals surface area contributed by atoms with Gasteiger partial charge in [0, 0.05) is 0 Å². The second-order valence-corrected chi connectivity index (χ2v) is 8.19. The Bertz CT molecular complexity index is 1420. The van der Waals surface area contributed by atoms with Crippen LogP contribution in [0.1, 0.15) is 37.4 Å². The van der Waals surface area contributed by atoms with E-state index in [-0.39, 0.29) is 0 Å². The summed E-state index contributed by atoms with van der Waals surface area (Å²) < 4.78 is 74.9. The third-order valence-electron chi connectivity index (χ3n) is 6.12. The molecule has 188 valence electrons.